The fourth-order valence-corrected chi connectivity index (χ4v) is 2.22. The zero-order valence-corrected chi connectivity index (χ0v) is 8.51. The van der Waals surface area contributed by atoms with Gasteiger partial charge in [0.1, 0.15) is 6.04 Å². The number of rotatable bonds is 1. The molecule has 0 aliphatic carbocycles. The molecule has 1 aromatic rings. The SMILES string of the molecule is Cc1ccc(C)c([C@@H]2CCC[NH2+]2)c1. The number of nitrogens with two attached hydrogens (primary N) is 1. The Morgan fingerprint density at radius 2 is 2.15 bits per heavy atom. The second-order valence-electron chi connectivity index (χ2n) is 4.13. The van der Waals surface area contributed by atoms with Gasteiger partial charge >= 0.3 is 0 Å². The highest BCUT2D eigenvalue weighted by Gasteiger charge is 2.21. The van der Waals surface area contributed by atoms with Crippen LogP contribution in [0.2, 0.25) is 0 Å². The molecule has 1 aromatic carbocycles. The molecule has 1 atom stereocenters. The van der Waals surface area contributed by atoms with Crippen molar-refractivity contribution >= 4 is 0 Å². The normalized spacial score (nSPS) is 22.2. The second kappa shape index (κ2) is 3.51. The van der Waals surface area contributed by atoms with E-state index in [9.17, 15) is 0 Å². The monoisotopic (exact) mass is 176 g/mol. The van der Waals surface area contributed by atoms with Gasteiger partial charge in [-0.05, 0) is 25.5 Å². The van der Waals surface area contributed by atoms with Gasteiger partial charge in [0.25, 0.3) is 0 Å². The van der Waals surface area contributed by atoms with E-state index in [0.29, 0.717) is 0 Å². The van der Waals surface area contributed by atoms with Gasteiger partial charge in [-0.3, -0.25) is 0 Å². The van der Waals surface area contributed by atoms with Crippen molar-refractivity contribution in [1.82, 2.24) is 0 Å². The third-order valence-electron chi connectivity index (χ3n) is 3.00. The average Bonchev–Trinajstić information content (AvgIpc) is 2.61. The van der Waals surface area contributed by atoms with Crippen LogP contribution in [0.25, 0.3) is 0 Å². The summed E-state index contributed by atoms with van der Waals surface area (Å²) in [5, 5.41) is 2.47. The fraction of sp³-hybridized carbons (Fsp3) is 0.500. The first-order chi connectivity index (χ1) is 6.27. The topological polar surface area (TPSA) is 16.6 Å². The molecule has 1 heteroatoms. The van der Waals surface area contributed by atoms with Crippen molar-refractivity contribution < 1.29 is 5.32 Å². The Morgan fingerprint density at radius 1 is 1.31 bits per heavy atom. The molecule has 2 N–H and O–H groups in total. The molecule has 0 radical (unpaired) electrons. The first-order valence-corrected chi connectivity index (χ1v) is 5.18. The van der Waals surface area contributed by atoms with Crippen LogP contribution in [0.3, 0.4) is 0 Å². The van der Waals surface area contributed by atoms with Crippen LogP contribution in [0.4, 0.5) is 0 Å². The smallest absolute Gasteiger partial charge is 0.112 e. The molecule has 1 heterocycles. The third-order valence-corrected chi connectivity index (χ3v) is 3.00. The van der Waals surface area contributed by atoms with E-state index in [-0.39, 0.29) is 0 Å². The molecule has 1 aliphatic rings. The Hall–Kier alpha value is -0.820. The van der Waals surface area contributed by atoms with Crippen LogP contribution in [-0.2, 0) is 0 Å². The van der Waals surface area contributed by atoms with Crippen LogP contribution >= 0.6 is 0 Å². The molecule has 1 aliphatic heterocycles. The molecule has 0 bridgehead atoms. The summed E-state index contributed by atoms with van der Waals surface area (Å²) in [6.45, 7) is 5.71. The second-order valence-corrected chi connectivity index (χ2v) is 4.13. The lowest BCUT2D eigenvalue weighted by atomic mass is 9.98. The molecular formula is C12H18N+. The minimum absolute atomic E-state index is 0.736. The maximum Gasteiger partial charge on any atom is 0.112 e. The molecule has 13 heavy (non-hydrogen) atoms. The van der Waals surface area contributed by atoms with Crippen molar-refractivity contribution in [2.45, 2.75) is 32.7 Å². The zero-order chi connectivity index (χ0) is 9.26. The molecule has 0 aromatic heterocycles. The molecule has 1 saturated heterocycles. The minimum Gasteiger partial charge on any atom is -0.340 e. The molecule has 70 valence electrons. The van der Waals surface area contributed by atoms with Gasteiger partial charge in [-0.25, -0.2) is 0 Å². The summed E-state index contributed by atoms with van der Waals surface area (Å²) in [5.41, 5.74) is 4.40. The summed E-state index contributed by atoms with van der Waals surface area (Å²) in [6, 6.07) is 7.53. The van der Waals surface area contributed by atoms with E-state index in [2.05, 4.69) is 37.4 Å². The van der Waals surface area contributed by atoms with E-state index < -0.39 is 0 Å². The van der Waals surface area contributed by atoms with Gasteiger partial charge in [-0.2, -0.15) is 0 Å². The minimum atomic E-state index is 0.736. The van der Waals surface area contributed by atoms with Gasteiger partial charge in [-0.1, -0.05) is 17.7 Å². The van der Waals surface area contributed by atoms with Crippen molar-refractivity contribution in [2.75, 3.05) is 6.54 Å². The van der Waals surface area contributed by atoms with Gasteiger partial charge < -0.3 is 5.32 Å². The number of hydrogen-bond acceptors (Lipinski definition) is 0. The maximum absolute atomic E-state index is 2.47. The summed E-state index contributed by atoms with van der Waals surface area (Å²) < 4.78 is 0. The van der Waals surface area contributed by atoms with Gasteiger partial charge in [0.15, 0.2) is 0 Å². The van der Waals surface area contributed by atoms with Crippen molar-refractivity contribution in [3.05, 3.63) is 34.9 Å². The summed E-state index contributed by atoms with van der Waals surface area (Å²) in [4.78, 5) is 0. The molecule has 0 amide bonds. The first kappa shape index (κ1) is 8.76. The Bertz CT molecular complexity index is 298. The van der Waals surface area contributed by atoms with Crippen LogP contribution in [-0.4, -0.2) is 6.54 Å². The van der Waals surface area contributed by atoms with E-state index >= 15 is 0 Å². The van der Waals surface area contributed by atoms with Crippen LogP contribution in [0, 0.1) is 13.8 Å². The van der Waals surface area contributed by atoms with Crippen LogP contribution in [0.15, 0.2) is 18.2 Å². The van der Waals surface area contributed by atoms with E-state index in [4.69, 9.17) is 0 Å². The van der Waals surface area contributed by atoms with Gasteiger partial charge in [0.2, 0.25) is 0 Å². The van der Waals surface area contributed by atoms with Crippen LogP contribution < -0.4 is 5.32 Å². The number of benzene rings is 1. The summed E-state index contributed by atoms with van der Waals surface area (Å²) in [7, 11) is 0. The van der Waals surface area contributed by atoms with Crippen molar-refractivity contribution in [2.24, 2.45) is 0 Å². The van der Waals surface area contributed by atoms with E-state index in [1.807, 2.05) is 0 Å². The number of quaternary nitrogens is 1. The molecular weight excluding hydrogens is 158 g/mol. The average molecular weight is 176 g/mol. The molecule has 0 saturated carbocycles. The summed E-state index contributed by atoms with van der Waals surface area (Å²) >= 11 is 0. The lowest BCUT2D eigenvalue weighted by Gasteiger charge is -2.11. The van der Waals surface area contributed by atoms with E-state index in [1.54, 1.807) is 5.56 Å². The third kappa shape index (κ3) is 1.75. The highest BCUT2D eigenvalue weighted by molar-refractivity contribution is 5.32. The Balaban J connectivity index is 2.32. The lowest BCUT2D eigenvalue weighted by Crippen LogP contribution is -2.81. The molecule has 0 unspecified atom stereocenters. The number of hydrogen-bond donors (Lipinski definition) is 1. The largest absolute Gasteiger partial charge is 0.340 e. The quantitative estimate of drug-likeness (QED) is 0.670. The summed E-state index contributed by atoms with van der Waals surface area (Å²) in [6.07, 6.45) is 2.72. The number of aryl methyl sites for hydroxylation is 2. The van der Waals surface area contributed by atoms with Gasteiger partial charge in [0, 0.05) is 18.4 Å². The van der Waals surface area contributed by atoms with Crippen LogP contribution in [0.1, 0.15) is 35.6 Å². The predicted octanol–water partition coefficient (Wildman–Crippen LogP) is 1.70. The fourth-order valence-electron chi connectivity index (χ4n) is 2.22. The summed E-state index contributed by atoms with van der Waals surface area (Å²) in [5.74, 6) is 0. The molecule has 1 nitrogen and oxygen atoms in total. The van der Waals surface area contributed by atoms with Crippen molar-refractivity contribution in [3.8, 4) is 0 Å². The Morgan fingerprint density at radius 3 is 2.85 bits per heavy atom. The first-order valence-electron chi connectivity index (χ1n) is 5.18. The van der Waals surface area contributed by atoms with Gasteiger partial charge in [0.05, 0.1) is 6.54 Å². The van der Waals surface area contributed by atoms with Crippen molar-refractivity contribution in [1.29, 1.82) is 0 Å². The highest BCUT2D eigenvalue weighted by atomic mass is 14.9. The molecule has 2 rings (SSSR count). The molecule has 1 fully saturated rings. The highest BCUT2D eigenvalue weighted by Crippen LogP contribution is 2.21. The Labute approximate surface area is 80.2 Å². The van der Waals surface area contributed by atoms with Crippen LogP contribution in [0.5, 0.6) is 0 Å². The Kier molecular flexibility index (Phi) is 2.36. The van der Waals surface area contributed by atoms with Crippen molar-refractivity contribution in [3.63, 3.8) is 0 Å². The molecule has 0 spiro atoms. The standard InChI is InChI=1S/C12H17N/c1-9-5-6-10(2)11(8-9)12-4-3-7-13-12/h5-6,8,12-13H,3-4,7H2,1-2H3/p+1/t12-/m0/s1. The lowest BCUT2D eigenvalue weighted by molar-refractivity contribution is -0.676. The maximum atomic E-state index is 2.47. The zero-order valence-electron chi connectivity index (χ0n) is 8.51. The van der Waals surface area contributed by atoms with E-state index in [1.165, 1.54) is 30.5 Å². The predicted molar refractivity (Wildman–Crippen MR) is 54.7 cm³/mol. The van der Waals surface area contributed by atoms with Gasteiger partial charge in [-0.15, -0.1) is 0 Å². The van der Waals surface area contributed by atoms with E-state index in [0.717, 1.165) is 6.04 Å².